The van der Waals surface area contributed by atoms with Crippen LogP contribution in [0.25, 0.3) is 0 Å². The Morgan fingerprint density at radius 1 is 1.25 bits per heavy atom. The Morgan fingerprint density at radius 2 is 1.75 bits per heavy atom. The molecule has 12 heavy (non-hydrogen) atoms. The second-order valence-corrected chi connectivity index (χ2v) is 3.38. The van der Waals surface area contributed by atoms with Crippen LogP contribution in [0.4, 0.5) is 0 Å². The van der Waals surface area contributed by atoms with E-state index in [9.17, 15) is 0 Å². The van der Waals surface area contributed by atoms with Crippen LogP contribution in [0.15, 0.2) is 24.3 Å². The maximum Gasteiger partial charge on any atom is 0.189 e. The molecule has 0 saturated heterocycles. The Morgan fingerprint density at radius 3 is 2.00 bits per heavy atom. The molecular weight excluding hydrogens is 192 g/mol. The van der Waals surface area contributed by atoms with Gasteiger partial charge in [-0.25, -0.2) is 0 Å². The summed E-state index contributed by atoms with van der Waals surface area (Å²) in [4.78, 5) is -0.733. The Balaban J connectivity index is 4.49. The molecule has 0 bridgehead atoms. The van der Waals surface area contributed by atoms with E-state index in [-0.39, 0.29) is 0 Å². The SMILES string of the molecule is CC=CC(C=CC)(OSC)SO. The topological polar surface area (TPSA) is 29.5 Å². The van der Waals surface area contributed by atoms with Crippen LogP contribution in [-0.4, -0.2) is 15.7 Å². The lowest BCUT2D eigenvalue weighted by molar-refractivity contribution is 0.306. The number of allylic oxidation sites excluding steroid dienone is 2. The van der Waals surface area contributed by atoms with Gasteiger partial charge in [-0.05, 0) is 38.0 Å². The van der Waals surface area contributed by atoms with Crippen LogP contribution < -0.4 is 0 Å². The smallest absolute Gasteiger partial charge is 0.189 e. The Labute approximate surface area is 82.5 Å². The summed E-state index contributed by atoms with van der Waals surface area (Å²) in [7, 11) is 0. The summed E-state index contributed by atoms with van der Waals surface area (Å²) < 4.78 is 14.4. The summed E-state index contributed by atoms with van der Waals surface area (Å²) in [5.41, 5.74) is 0. The molecule has 0 heterocycles. The molecule has 0 spiro atoms. The van der Waals surface area contributed by atoms with Crippen molar-refractivity contribution in [3.05, 3.63) is 24.3 Å². The van der Waals surface area contributed by atoms with Gasteiger partial charge in [0.05, 0.1) is 0 Å². The van der Waals surface area contributed by atoms with Crippen molar-refractivity contribution in [1.29, 1.82) is 0 Å². The van der Waals surface area contributed by atoms with Crippen LogP contribution >= 0.6 is 24.1 Å². The largest absolute Gasteiger partial charge is 0.327 e. The van der Waals surface area contributed by atoms with Crippen molar-refractivity contribution in [2.24, 2.45) is 0 Å². The van der Waals surface area contributed by atoms with Gasteiger partial charge < -0.3 is 4.55 Å². The maximum atomic E-state index is 9.05. The molecule has 0 rings (SSSR count). The van der Waals surface area contributed by atoms with Crippen LogP contribution in [0, 0.1) is 0 Å². The van der Waals surface area contributed by atoms with E-state index in [4.69, 9.17) is 8.74 Å². The van der Waals surface area contributed by atoms with Crippen molar-refractivity contribution in [3.8, 4) is 0 Å². The molecule has 2 nitrogen and oxygen atoms in total. The molecule has 0 radical (unpaired) electrons. The normalized spacial score (nSPS) is 17.3. The highest BCUT2D eigenvalue weighted by atomic mass is 32.2. The molecule has 70 valence electrons. The molecule has 0 aromatic rings. The van der Waals surface area contributed by atoms with Crippen LogP contribution in [0.2, 0.25) is 0 Å². The minimum absolute atomic E-state index is 0.674. The van der Waals surface area contributed by atoms with Crippen molar-refractivity contribution < 1.29 is 8.74 Å². The second-order valence-electron chi connectivity index (χ2n) is 2.06. The molecule has 0 aliphatic rings. The van der Waals surface area contributed by atoms with E-state index in [1.807, 2.05) is 32.3 Å². The molecule has 0 aromatic heterocycles. The van der Waals surface area contributed by atoms with E-state index in [1.165, 1.54) is 12.0 Å². The second kappa shape index (κ2) is 6.60. The van der Waals surface area contributed by atoms with Crippen molar-refractivity contribution >= 4 is 24.1 Å². The van der Waals surface area contributed by atoms with E-state index in [1.54, 1.807) is 12.2 Å². The first-order valence-corrected chi connectivity index (χ1v) is 5.49. The molecule has 0 atom stereocenters. The molecule has 0 fully saturated rings. The summed E-state index contributed by atoms with van der Waals surface area (Å²) in [6.07, 6.45) is 9.11. The molecule has 0 aliphatic carbocycles. The van der Waals surface area contributed by atoms with E-state index in [2.05, 4.69) is 0 Å². The average Bonchev–Trinajstić information content (AvgIpc) is 2.06. The maximum absolute atomic E-state index is 9.05. The van der Waals surface area contributed by atoms with Gasteiger partial charge >= 0.3 is 0 Å². The summed E-state index contributed by atoms with van der Waals surface area (Å²) in [6.45, 7) is 3.77. The summed E-state index contributed by atoms with van der Waals surface area (Å²) in [5, 5.41) is 0. The van der Waals surface area contributed by atoms with Crippen LogP contribution in [-0.2, 0) is 4.18 Å². The van der Waals surface area contributed by atoms with Gasteiger partial charge in [-0.2, -0.15) is 0 Å². The van der Waals surface area contributed by atoms with Crippen molar-refractivity contribution in [2.45, 2.75) is 18.8 Å². The Kier molecular flexibility index (Phi) is 6.65. The molecular formula is C8H14O2S2. The zero-order chi connectivity index (χ0) is 9.45. The van der Waals surface area contributed by atoms with Gasteiger partial charge in [0.25, 0.3) is 0 Å². The average molecular weight is 206 g/mol. The summed E-state index contributed by atoms with van der Waals surface area (Å²) in [5.74, 6) is 0. The van der Waals surface area contributed by atoms with Crippen molar-refractivity contribution in [2.75, 3.05) is 6.26 Å². The van der Waals surface area contributed by atoms with Crippen molar-refractivity contribution in [3.63, 3.8) is 0 Å². The lowest BCUT2D eigenvalue weighted by Crippen LogP contribution is -2.19. The quantitative estimate of drug-likeness (QED) is 0.424. The zero-order valence-corrected chi connectivity index (χ0v) is 9.11. The molecule has 0 amide bonds. The van der Waals surface area contributed by atoms with E-state index >= 15 is 0 Å². The van der Waals surface area contributed by atoms with Gasteiger partial charge in [-0.15, -0.1) is 0 Å². The molecule has 0 aliphatic heterocycles. The lowest BCUT2D eigenvalue weighted by atomic mass is 10.3. The third-order valence-corrected chi connectivity index (χ3v) is 2.34. The van der Waals surface area contributed by atoms with E-state index in [0.717, 1.165) is 0 Å². The highest BCUT2D eigenvalue weighted by molar-refractivity contribution is 7.97. The van der Waals surface area contributed by atoms with Gasteiger partial charge in [-0.1, -0.05) is 12.2 Å². The number of hydrogen-bond donors (Lipinski definition) is 1. The van der Waals surface area contributed by atoms with E-state index in [0.29, 0.717) is 12.0 Å². The first-order valence-electron chi connectivity index (χ1n) is 3.56. The minimum atomic E-state index is -0.733. The predicted molar refractivity (Wildman–Crippen MR) is 57.2 cm³/mol. The van der Waals surface area contributed by atoms with Crippen LogP contribution in [0.1, 0.15) is 13.8 Å². The first-order chi connectivity index (χ1) is 5.74. The number of hydrogen-bond acceptors (Lipinski definition) is 4. The molecule has 1 N–H and O–H groups in total. The van der Waals surface area contributed by atoms with Gasteiger partial charge in [-0.3, -0.25) is 4.18 Å². The summed E-state index contributed by atoms with van der Waals surface area (Å²) >= 11 is 1.90. The molecule has 0 aromatic carbocycles. The molecule has 0 unspecified atom stereocenters. The van der Waals surface area contributed by atoms with Gasteiger partial charge in [0, 0.05) is 18.3 Å². The predicted octanol–water partition coefficient (Wildman–Crippen LogP) is 3.34. The first kappa shape index (κ1) is 12.1. The molecule has 4 heteroatoms. The number of rotatable bonds is 5. The fraction of sp³-hybridized carbons (Fsp3) is 0.500. The van der Waals surface area contributed by atoms with Crippen molar-refractivity contribution in [1.82, 2.24) is 0 Å². The minimum Gasteiger partial charge on any atom is -0.327 e. The van der Waals surface area contributed by atoms with Crippen LogP contribution in [0.3, 0.4) is 0 Å². The van der Waals surface area contributed by atoms with Gasteiger partial charge in [0.1, 0.15) is 0 Å². The van der Waals surface area contributed by atoms with Crippen LogP contribution in [0.5, 0.6) is 0 Å². The fourth-order valence-corrected chi connectivity index (χ4v) is 1.87. The monoisotopic (exact) mass is 206 g/mol. The zero-order valence-electron chi connectivity index (χ0n) is 7.48. The standard InChI is InChI=1S/C8H14O2S2/c1-4-6-8(12-9,7-5-2)10-11-3/h4-7,9H,1-3H3. The third-order valence-electron chi connectivity index (χ3n) is 1.15. The highest BCUT2D eigenvalue weighted by Crippen LogP contribution is 2.31. The summed E-state index contributed by atoms with van der Waals surface area (Å²) in [6, 6.07) is 0. The third kappa shape index (κ3) is 3.67. The highest BCUT2D eigenvalue weighted by Gasteiger charge is 2.24. The van der Waals surface area contributed by atoms with E-state index < -0.39 is 4.93 Å². The lowest BCUT2D eigenvalue weighted by Gasteiger charge is -2.21. The van der Waals surface area contributed by atoms with Gasteiger partial charge in [0.2, 0.25) is 0 Å². The Bertz CT molecular complexity index is 154. The molecule has 0 saturated carbocycles. The fourth-order valence-electron chi connectivity index (χ4n) is 0.782. The Hall–Kier alpha value is 0.1000. The van der Waals surface area contributed by atoms with Gasteiger partial charge in [0.15, 0.2) is 4.93 Å².